The van der Waals surface area contributed by atoms with Crippen LogP contribution >= 0.6 is 11.3 Å². The summed E-state index contributed by atoms with van der Waals surface area (Å²) in [5, 5.41) is 6.72. The quantitative estimate of drug-likeness (QED) is 0.631. The molecule has 19 heavy (non-hydrogen) atoms. The molecule has 0 saturated heterocycles. The van der Waals surface area contributed by atoms with Gasteiger partial charge in [-0.2, -0.15) is 5.10 Å². The first-order valence-corrected chi connectivity index (χ1v) is 7.60. The van der Waals surface area contributed by atoms with E-state index in [2.05, 4.69) is 48.8 Å². The number of hydrogen-bond acceptors (Lipinski definition) is 4. The van der Waals surface area contributed by atoms with Gasteiger partial charge in [0.15, 0.2) is 0 Å². The van der Waals surface area contributed by atoms with Crippen LogP contribution in [0.5, 0.6) is 0 Å². The standard InChI is InChI=1S/C14H22N4S/c1-4-11-6-8-19-14(11)13(16-15)9-12-5-7-18(17-12)10(2)3/h5-8,10,13,16H,4,9,15H2,1-3H3. The molecule has 4 nitrogen and oxygen atoms in total. The van der Waals surface area contributed by atoms with E-state index in [-0.39, 0.29) is 6.04 Å². The third-order valence-corrected chi connectivity index (χ3v) is 4.36. The van der Waals surface area contributed by atoms with Crippen LogP contribution in [0, 0.1) is 0 Å². The highest BCUT2D eigenvalue weighted by Crippen LogP contribution is 2.27. The zero-order chi connectivity index (χ0) is 13.8. The summed E-state index contributed by atoms with van der Waals surface area (Å²) in [5.74, 6) is 5.72. The molecule has 0 fully saturated rings. The molecule has 1 unspecified atom stereocenters. The largest absolute Gasteiger partial charge is 0.271 e. The van der Waals surface area contributed by atoms with Crippen molar-refractivity contribution in [1.82, 2.24) is 15.2 Å². The molecule has 104 valence electrons. The van der Waals surface area contributed by atoms with Gasteiger partial charge in [0, 0.05) is 23.5 Å². The summed E-state index contributed by atoms with van der Waals surface area (Å²) in [6, 6.07) is 4.79. The second-order valence-corrected chi connectivity index (χ2v) is 5.92. The second kappa shape index (κ2) is 6.32. The van der Waals surface area contributed by atoms with Crippen molar-refractivity contribution in [3.05, 3.63) is 39.8 Å². The average molecular weight is 278 g/mol. The highest BCUT2D eigenvalue weighted by Gasteiger charge is 2.17. The Morgan fingerprint density at radius 2 is 2.21 bits per heavy atom. The van der Waals surface area contributed by atoms with Gasteiger partial charge in [0.2, 0.25) is 0 Å². The maximum atomic E-state index is 5.72. The predicted molar refractivity (Wildman–Crippen MR) is 80.1 cm³/mol. The first-order chi connectivity index (χ1) is 9.15. The second-order valence-electron chi connectivity index (χ2n) is 4.97. The fourth-order valence-electron chi connectivity index (χ4n) is 2.16. The number of aromatic nitrogens is 2. The number of rotatable bonds is 6. The molecular formula is C14H22N4S. The first kappa shape index (κ1) is 14.2. The van der Waals surface area contributed by atoms with Crippen LogP contribution in [0.1, 0.15) is 49.0 Å². The van der Waals surface area contributed by atoms with E-state index in [1.54, 1.807) is 11.3 Å². The lowest BCUT2D eigenvalue weighted by molar-refractivity contribution is 0.508. The van der Waals surface area contributed by atoms with E-state index < -0.39 is 0 Å². The fraction of sp³-hybridized carbons (Fsp3) is 0.500. The Labute approximate surface area is 118 Å². The lowest BCUT2D eigenvalue weighted by atomic mass is 10.1. The molecule has 2 heterocycles. The number of aryl methyl sites for hydroxylation is 1. The van der Waals surface area contributed by atoms with Crippen LogP contribution in [0.3, 0.4) is 0 Å². The number of nitrogens with zero attached hydrogens (tertiary/aromatic N) is 2. The minimum absolute atomic E-state index is 0.144. The first-order valence-electron chi connectivity index (χ1n) is 6.72. The van der Waals surface area contributed by atoms with Gasteiger partial charge in [-0.1, -0.05) is 6.92 Å². The zero-order valence-electron chi connectivity index (χ0n) is 11.8. The average Bonchev–Trinajstić information content (AvgIpc) is 3.04. The van der Waals surface area contributed by atoms with Crippen LogP contribution in [-0.2, 0) is 12.8 Å². The molecule has 0 aliphatic rings. The van der Waals surface area contributed by atoms with Crippen molar-refractivity contribution in [1.29, 1.82) is 0 Å². The van der Waals surface area contributed by atoms with E-state index in [1.807, 2.05) is 10.9 Å². The summed E-state index contributed by atoms with van der Waals surface area (Å²) < 4.78 is 1.98. The molecule has 5 heteroatoms. The van der Waals surface area contributed by atoms with Crippen molar-refractivity contribution in [2.24, 2.45) is 5.84 Å². The molecule has 2 rings (SSSR count). The smallest absolute Gasteiger partial charge is 0.0644 e. The summed E-state index contributed by atoms with van der Waals surface area (Å²) in [6.45, 7) is 6.43. The third kappa shape index (κ3) is 3.23. The molecule has 3 N–H and O–H groups in total. The molecule has 0 saturated carbocycles. The van der Waals surface area contributed by atoms with Gasteiger partial charge in [0.1, 0.15) is 0 Å². The molecule has 0 aliphatic carbocycles. The van der Waals surface area contributed by atoms with Crippen LogP contribution in [0.2, 0.25) is 0 Å². The lowest BCUT2D eigenvalue weighted by Gasteiger charge is -2.15. The Hall–Kier alpha value is -1.17. The van der Waals surface area contributed by atoms with Crippen molar-refractivity contribution < 1.29 is 0 Å². The molecule has 2 aromatic heterocycles. The molecule has 0 amide bonds. The Bertz CT molecular complexity index is 515. The summed E-state index contributed by atoms with van der Waals surface area (Å²) in [6.07, 6.45) is 3.89. The van der Waals surface area contributed by atoms with Gasteiger partial charge in [-0.05, 0) is 43.3 Å². The van der Waals surface area contributed by atoms with Gasteiger partial charge in [-0.3, -0.25) is 16.0 Å². The lowest BCUT2D eigenvalue weighted by Crippen LogP contribution is -2.29. The van der Waals surface area contributed by atoms with Gasteiger partial charge < -0.3 is 0 Å². The Morgan fingerprint density at radius 1 is 1.42 bits per heavy atom. The number of nitrogens with one attached hydrogen (secondary N) is 1. The SMILES string of the molecule is CCc1ccsc1C(Cc1ccn(C(C)C)n1)NN. The summed E-state index contributed by atoms with van der Waals surface area (Å²) in [5.41, 5.74) is 5.37. The van der Waals surface area contributed by atoms with Crippen molar-refractivity contribution in [3.63, 3.8) is 0 Å². The number of thiophene rings is 1. The normalized spacial score (nSPS) is 13.1. The van der Waals surface area contributed by atoms with Crippen LogP contribution in [0.25, 0.3) is 0 Å². The van der Waals surface area contributed by atoms with Gasteiger partial charge in [-0.15, -0.1) is 11.3 Å². The summed E-state index contributed by atoms with van der Waals surface area (Å²) in [7, 11) is 0. The maximum absolute atomic E-state index is 5.72. The van der Waals surface area contributed by atoms with Crippen LogP contribution < -0.4 is 11.3 Å². The molecule has 1 atom stereocenters. The maximum Gasteiger partial charge on any atom is 0.0644 e. The van der Waals surface area contributed by atoms with Crippen molar-refractivity contribution in [2.45, 2.75) is 45.7 Å². The highest BCUT2D eigenvalue weighted by molar-refractivity contribution is 7.10. The highest BCUT2D eigenvalue weighted by atomic mass is 32.1. The molecule has 2 aromatic rings. The molecule has 0 bridgehead atoms. The van der Waals surface area contributed by atoms with E-state index in [1.165, 1.54) is 10.4 Å². The molecule has 0 spiro atoms. The van der Waals surface area contributed by atoms with Crippen LogP contribution in [0.15, 0.2) is 23.7 Å². The van der Waals surface area contributed by atoms with Crippen molar-refractivity contribution in [2.75, 3.05) is 0 Å². The van der Waals surface area contributed by atoms with Crippen molar-refractivity contribution in [3.8, 4) is 0 Å². The van der Waals surface area contributed by atoms with E-state index in [9.17, 15) is 0 Å². The molecule has 0 aliphatic heterocycles. The zero-order valence-corrected chi connectivity index (χ0v) is 12.6. The van der Waals surface area contributed by atoms with Crippen LogP contribution in [-0.4, -0.2) is 9.78 Å². The minimum atomic E-state index is 0.144. The minimum Gasteiger partial charge on any atom is -0.271 e. The summed E-state index contributed by atoms with van der Waals surface area (Å²) >= 11 is 1.76. The number of hydrogen-bond donors (Lipinski definition) is 2. The Balaban J connectivity index is 2.14. The number of hydrazine groups is 1. The van der Waals surface area contributed by atoms with Gasteiger partial charge in [0.25, 0.3) is 0 Å². The van der Waals surface area contributed by atoms with E-state index in [0.29, 0.717) is 6.04 Å². The molecule has 0 radical (unpaired) electrons. The monoisotopic (exact) mass is 278 g/mol. The van der Waals surface area contributed by atoms with E-state index in [4.69, 9.17) is 5.84 Å². The van der Waals surface area contributed by atoms with Gasteiger partial charge >= 0.3 is 0 Å². The van der Waals surface area contributed by atoms with Gasteiger partial charge in [-0.25, -0.2) is 0 Å². The number of nitrogens with two attached hydrogens (primary N) is 1. The molecule has 0 aromatic carbocycles. The Morgan fingerprint density at radius 3 is 2.79 bits per heavy atom. The van der Waals surface area contributed by atoms with Crippen LogP contribution in [0.4, 0.5) is 0 Å². The van der Waals surface area contributed by atoms with E-state index in [0.717, 1.165) is 18.5 Å². The fourth-order valence-corrected chi connectivity index (χ4v) is 3.21. The topological polar surface area (TPSA) is 55.9 Å². The van der Waals surface area contributed by atoms with E-state index >= 15 is 0 Å². The third-order valence-electron chi connectivity index (χ3n) is 3.29. The summed E-state index contributed by atoms with van der Waals surface area (Å²) in [4.78, 5) is 1.32. The Kier molecular flexibility index (Phi) is 4.74. The predicted octanol–water partition coefficient (Wildman–Crippen LogP) is 2.83. The van der Waals surface area contributed by atoms with Crippen molar-refractivity contribution >= 4 is 11.3 Å². The van der Waals surface area contributed by atoms with Gasteiger partial charge in [0.05, 0.1) is 11.7 Å². The molecular weight excluding hydrogens is 256 g/mol.